The summed E-state index contributed by atoms with van der Waals surface area (Å²) in [5, 5.41) is 4.07. The molecule has 0 fully saturated rings. The molecule has 0 radical (unpaired) electrons. The zero-order valence-corrected chi connectivity index (χ0v) is 11.7. The van der Waals surface area contributed by atoms with Gasteiger partial charge in [0.15, 0.2) is 0 Å². The molecule has 6 heteroatoms. The average Bonchev–Trinajstić information content (AvgIpc) is 2.71. The summed E-state index contributed by atoms with van der Waals surface area (Å²) >= 11 is -2.03. The molecule has 0 N–H and O–H groups in total. The minimum Gasteiger partial charge on any atom is -0.772 e. The molecule has 0 spiro atoms. The van der Waals surface area contributed by atoms with Crippen molar-refractivity contribution in [2.45, 2.75) is 5.75 Å². The van der Waals surface area contributed by atoms with E-state index < -0.39 is 11.1 Å². The largest absolute Gasteiger partial charge is 1.00 e. The van der Waals surface area contributed by atoms with Crippen molar-refractivity contribution in [3.63, 3.8) is 0 Å². The van der Waals surface area contributed by atoms with Crippen molar-refractivity contribution in [3.8, 4) is 5.69 Å². The van der Waals surface area contributed by atoms with Crippen LogP contribution >= 0.6 is 0 Å². The van der Waals surface area contributed by atoms with E-state index in [1.54, 1.807) is 23.0 Å². The third kappa shape index (κ3) is 3.54. The van der Waals surface area contributed by atoms with E-state index >= 15 is 0 Å². The van der Waals surface area contributed by atoms with Crippen LogP contribution < -0.4 is 29.6 Å². The minimum atomic E-state index is -2.03. The number of hydrogen-bond donors (Lipinski definition) is 0. The SMILES string of the molecule is O=S([O-])Cc1ccc(-n2cccn2)cc1.[Na+]. The van der Waals surface area contributed by atoms with Gasteiger partial charge in [0.1, 0.15) is 0 Å². The standard InChI is InChI=1S/C10H10N2O2S.Na/c13-15(14)8-9-2-4-10(5-3-9)12-7-1-6-11-12;/h1-7H,8H2,(H,13,14);/q;+1/p-1. The first-order valence-electron chi connectivity index (χ1n) is 4.40. The number of nitrogens with zero attached hydrogens (tertiary/aromatic N) is 2. The molecule has 2 aromatic rings. The summed E-state index contributed by atoms with van der Waals surface area (Å²) < 4.78 is 22.6. The van der Waals surface area contributed by atoms with Gasteiger partial charge in [-0.3, -0.25) is 4.21 Å². The first kappa shape index (κ1) is 13.6. The van der Waals surface area contributed by atoms with E-state index in [0.717, 1.165) is 11.3 Å². The summed E-state index contributed by atoms with van der Waals surface area (Å²) in [7, 11) is 0. The van der Waals surface area contributed by atoms with E-state index in [4.69, 9.17) is 0 Å². The Kier molecular flexibility index (Phi) is 5.37. The molecule has 0 aliphatic rings. The van der Waals surface area contributed by atoms with Crippen LogP contribution in [0.1, 0.15) is 5.56 Å². The summed E-state index contributed by atoms with van der Waals surface area (Å²) in [6.07, 6.45) is 3.53. The summed E-state index contributed by atoms with van der Waals surface area (Å²) in [6, 6.07) is 9.09. The normalized spacial score (nSPS) is 11.8. The predicted octanol–water partition coefficient (Wildman–Crippen LogP) is -1.74. The van der Waals surface area contributed by atoms with Crippen molar-refractivity contribution < 1.29 is 38.3 Å². The van der Waals surface area contributed by atoms with E-state index in [1.165, 1.54) is 0 Å². The smallest absolute Gasteiger partial charge is 0.772 e. The van der Waals surface area contributed by atoms with Gasteiger partial charge in [-0.2, -0.15) is 5.10 Å². The van der Waals surface area contributed by atoms with Gasteiger partial charge < -0.3 is 4.55 Å². The topological polar surface area (TPSA) is 57.9 Å². The van der Waals surface area contributed by atoms with Crippen LogP contribution in [0, 0.1) is 0 Å². The fraction of sp³-hybridized carbons (Fsp3) is 0.100. The molecule has 0 amide bonds. The molecular weight excluding hydrogens is 235 g/mol. The molecule has 0 aliphatic carbocycles. The molecule has 1 aromatic heterocycles. The molecule has 0 aliphatic heterocycles. The zero-order valence-electron chi connectivity index (χ0n) is 8.87. The van der Waals surface area contributed by atoms with Gasteiger partial charge in [-0.25, -0.2) is 4.68 Å². The van der Waals surface area contributed by atoms with E-state index in [2.05, 4.69) is 5.10 Å². The Balaban J connectivity index is 0.00000128. The van der Waals surface area contributed by atoms with Crippen LogP contribution in [0.2, 0.25) is 0 Å². The Morgan fingerprint density at radius 2 is 2.00 bits per heavy atom. The number of aromatic nitrogens is 2. The van der Waals surface area contributed by atoms with Crippen molar-refractivity contribution in [1.82, 2.24) is 9.78 Å². The molecule has 1 heterocycles. The first-order chi connectivity index (χ1) is 7.25. The van der Waals surface area contributed by atoms with Crippen molar-refractivity contribution in [3.05, 3.63) is 48.3 Å². The van der Waals surface area contributed by atoms with Gasteiger partial charge in [0.25, 0.3) is 0 Å². The molecule has 1 unspecified atom stereocenters. The molecule has 0 saturated heterocycles. The van der Waals surface area contributed by atoms with Gasteiger partial charge >= 0.3 is 29.6 Å². The minimum absolute atomic E-state index is 0. The molecule has 1 aromatic carbocycles. The molecule has 4 nitrogen and oxygen atoms in total. The Morgan fingerprint density at radius 1 is 1.31 bits per heavy atom. The summed E-state index contributed by atoms with van der Waals surface area (Å²) in [6.45, 7) is 0. The second kappa shape index (κ2) is 6.32. The third-order valence-electron chi connectivity index (χ3n) is 1.99. The van der Waals surface area contributed by atoms with Crippen LogP contribution in [0.4, 0.5) is 0 Å². The van der Waals surface area contributed by atoms with Crippen LogP contribution in [-0.2, 0) is 16.8 Å². The Labute approximate surface area is 118 Å². The second-order valence-electron chi connectivity index (χ2n) is 3.07. The maximum absolute atomic E-state index is 10.5. The maximum atomic E-state index is 10.5. The van der Waals surface area contributed by atoms with Gasteiger partial charge in [-0.05, 0) is 23.8 Å². The Hall–Kier alpha value is -0.460. The fourth-order valence-corrected chi connectivity index (χ4v) is 1.77. The van der Waals surface area contributed by atoms with Gasteiger partial charge in [-0.15, -0.1) is 0 Å². The van der Waals surface area contributed by atoms with Gasteiger partial charge in [0.2, 0.25) is 0 Å². The van der Waals surface area contributed by atoms with E-state index in [-0.39, 0.29) is 35.3 Å². The molecule has 2 rings (SSSR count). The zero-order chi connectivity index (χ0) is 10.7. The molecular formula is C10H9N2NaO2S. The van der Waals surface area contributed by atoms with Crippen molar-refractivity contribution in [2.24, 2.45) is 0 Å². The van der Waals surface area contributed by atoms with Crippen molar-refractivity contribution >= 4 is 11.1 Å². The first-order valence-corrected chi connectivity index (χ1v) is 5.65. The van der Waals surface area contributed by atoms with Crippen LogP contribution in [0.5, 0.6) is 0 Å². The van der Waals surface area contributed by atoms with E-state index in [1.807, 2.05) is 24.4 Å². The van der Waals surface area contributed by atoms with Crippen LogP contribution in [-0.4, -0.2) is 18.5 Å². The number of benzene rings is 1. The van der Waals surface area contributed by atoms with Crippen molar-refractivity contribution in [1.29, 1.82) is 0 Å². The number of hydrogen-bond acceptors (Lipinski definition) is 3. The van der Waals surface area contributed by atoms with E-state index in [9.17, 15) is 8.76 Å². The quantitative estimate of drug-likeness (QED) is 0.475. The summed E-state index contributed by atoms with van der Waals surface area (Å²) in [5.41, 5.74) is 1.69. The summed E-state index contributed by atoms with van der Waals surface area (Å²) in [4.78, 5) is 0. The van der Waals surface area contributed by atoms with Crippen LogP contribution in [0.3, 0.4) is 0 Å². The van der Waals surface area contributed by atoms with Gasteiger partial charge in [0, 0.05) is 18.1 Å². The fourth-order valence-electron chi connectivity index (χ4n) is 1.30. The predicted molar refractivity (Wildman–Crippen MR) is 56.2 cm³/mol. The number of rotatable bonds is 3. The molecule has 0 saturated carbocycles. The Bertz CT molecular complexity index is 456. The van der Waals surface area contributed by atoms with Crippen LogP contribution in [0.25, 0.3) is 5.69 Å². The second-order valence-corrected chi connectivity index (χ2v) is 3.96. The third-order valence-corrected chi connectivity index (χ3v) is 2.56. The molecule has 1 atom stereocenters. The molecule has 16 heavy (non-hydrogen) atoms. The van der Waals surface area contributed by atoms with Gasteiger partial charge in [0.05, 0.1) is 5.69 Å². The molecule has 0 bridgehead atoms. The molecule has 78 valence electrons. The van der Waals surface area contributed by atoms with Gasteiger partial charge in [-0.1, -0.05) is 23.2 Å². The van der Waals surface area contributed by atoms with Crippen LogP contribution in [0.15, 0.2) is 42.7 Å². The average molecular weight is 244 g/mol. The maximum Gasteiger partial charge on any atom is 1.00 e. The van der Waals surface area contributed by atoms with Crippen molar-refractivity contribution in [2.75, 3.05) is 0 Å². The monoisotopic (exact) mass is 244 g/mol. The Morgan fingerprint density at radius 3 is 2.50 bits per heavy atom. The summed E-state index contributed by atoms with van der Waals surface area (Å²) in [5.74, 6) is 0.0549. The van der Waals surface area contributed by atoms with E-state index in [0.29, 0.717) is 0 Å².